The molecule has 0 spiro atoms. The van der Waals surface area contributed by atoms with Gasteiger partial charge in [0.1, 0.15) is 0 Å². The number of aryl methyl sites for hydroxylation is 2. The monoisotopic (exact) mass is 281 g/mol. The lowest BCUT2D eigenvalue weighted by atomic mass is 9.97. The maximum absolute atomic E-state index is 10.3. The van der Waals surface area contributed by atoms with Crippen LogP contribution in [0.5, 0.6) is 0 Å². The summed E-state index contributed by atoms with van der Waals surface area (Å²) >= 11 is 1.67. The van der Waals surface area contributed by atoms with E-state index >= 15 is 0 Å². The van der Waals surface area contributed by atoms with E-state index in [1.807, 2.05) is 20.8 Å². The van der Waals surface area contributed by atoms with Crippen molar-refractivity contribution in [1.29, 1.82) is 0 Å². The van der Waals surface area contributed by atoms with E-state index in [2.05, 4.69) is 27.0 Å². The van der Waals surface area contributed by atoms with E-state index in [0.717, 1.165) is 30.0 Å². The Labute approximate surface area is 118 Å². The summed E-state index contributed by atoms with van der Waals surface area (Å²) in [5, 5.41) is 15.8. The third kappa shape index (κ3) is 2.83. The number of hydrogen-bond donors (Lipinski definition) is 2. The molecule has 4 nitrogen and oxygen atoms in total. The van der Waals surface area contributed by atoms with Crippen LogP contribution in [0.4, 0.5) is 0 Å². The number of nitrogens with zero attached hydrogens (tertiary/aromatic N) is 2. The number of hydrogen-bond acceptors (Lipinski definition) is 4. The van der Waals surface area contributed by atoms with Crippen molar-refractivity contribution in [2.24, 2.45) is 0 Å². The summed E-state index contributed by atoms with van der Waals surface area (Å²) < 4.78 is 2.20. The highest BCUT2D eigenvalue weighted by molar-refractivity contribution is 7.15. The first-order valence-electron chi connectivity index (χ1n) is 6.86. The van der Waals surface area contributed by atoms with Crippen molar-refractivity contribution in [3.8, 4) is 0 Å². The molecule has 0 aliphatic carbocycles. The van der Waals surface area contributed by atoms with Crippen LogP contribution in [-0.4, -0.2) is 26.6 Å². The molecular formula is C14H23N3OS. The maximum Gasteiger partial charge on any atom is 0.194 e. The molecule has 2 aromatic rings. The van der Waals surface area contributed by atoms with Gasteiger partial charge in [-0.15, -0.1) is 11.3 Å². The average Bonchev–Trinajstić information content (AvgIpc) is 2.90. The second-order valence-electron chi connectivity index (χ2n) is 5.17. The quantitative estimate of drug-likeness (QED) is 0.856. The van der Waals surface area contributed by atoms with E-state index in [0.29, 0.717) is 6.54 Å². The van der Waals surface area contributed by atoms with Crippen molar-refractivity contribution in [2.45, 2.75) is 52.7 Å². The van der Waals surface area contributed by atoms with Gasteiger partial charge < -0.3 is 10.4 Å². The summed E-state index contributed by atoms with van der Waals surface area (Å²) in [6.45, 7) is 9.56. The van der Waals surface area contributed by atoms with E-state index in [4.69, 9.17) is 0 Å². The summed E-state index contributed by atoms with van der Waals surface area (Å²) in [6.07, 6.45) is 1.55. The molecule has 0 radical (unpaired) electrons. The molecule has 0 fully saturated rings. The smallest absolute Gasteiger partial charge is 0.194 e. The first-order valence-corrected chi connectivity index (χ1v) is 7.74. The number of rotatable bonds is 6. The van der Waals surface area contributed by atoms with Crippen LogP contribution in [0, 0.1) is 13.8 Å². The van der Waals surface area contributed by atoms with Crippen molar-refractivity contribution in [3.05, 3.63) is 22.5 Å². The fraction of sp³-hybridized carbons (Fsp3) is 0.643. The highest BCUT2D eigenvalue weighted by Crippen LogP contribution is 2.20. The molecule has 2 rings (SSSR count). The lowest BCUT2D eigenvalue weighted by molar-refractivity contribution is 0.0322. The topological polar surface area (TPSA) is 49.6 Å². The molecule has 0 unspecified atom stereocenters. The molecule has 0 bridgehead atoms. The van der Waals surface area contributed by atoms with Crippen LogP contribution < -0.4 is 5.32 Å². The van der Waals surface area contributed by atoms with Gasteiger partial charge in [-0.2, -0.15) is 0 Å². The SMILES string of the molecule is CCC(O)(CC)CNCc1c(C)nc2scc(C)n12. The summed E-state index contributed by atoms with van der Waals surface area (Å²) in [7, 11) is 0. The third-order valence-electron chi connectivity index (χ3n) is 3.89. The van der Waals surface area contributed by atoms with Gasteiger partial charge >= 0.3 is 0 Å². The molecule has 0 aromatic carbocycles. The zero-order valence-electron chi connectivity index (χ0n) is 12.2. The van der Waals surface area contributed by atoms with E-state index in [1.54, 1.807) is 11.3 Å². The van der Waals surface area contributed by atoms with Gasteiger partial charge in [0.2, 0.25) is 0 Å². The molecule has 0 atom stereocenters. The van der Waals surface area contributed by atoms with Crippen LogP contribution in [0.1, 0.15) is 43.8 Å². The van der Waals surface area contributed by atoms with Crippen molar-refractivity contribution >= 4 is 16.3 Å². The second-order valence-corrected chi connectivity index (χ2v) is 6.01. The molecule has 0 saturated heterocycles. The standard InChI is InChI=1S/C14H23N3OS/c1-5-14(18,6-2)9-15-7-12-11(4)16-13-17(12)10(3)8-19-13/h8,15,18H,5-7,9H2,1-4H3. The van der Waals surface area contributed by atoms with Crippen LogP contribution in [0.2, 0.25) is 0 Å². The number of fused-ring (bicyclic) bond motifs is 1. The average molecular weight is 281 g/mol. The molecule has 2 heterocycles. The molecule has 5 heteroatoms. The molecule has 0 saturated carbocycles. The van der Waals surface area contributed by atoms with Crippen molar-refractivity contribution in [2.75, 3.05) is 6.54 Å². The van der Waals surface area contributed by atoms with E-state index < -0.39 is 5.60 Å². The Bertz CT molecular complexity index is 554. The van der Waals surface area contributed by atoms with Gasteiger partial charge in [-0.3, -0.25) is 4.40 Å². The number of nitrogens with one attached hydrogen (secondary N) is 1. The maximum atomic E-state index is 10.3. The van der Waals surface area contributed by atoms with Gasteiger partial charge in [-0.25, -0.2) is 4.98 Å². The molecule has 2 N–H and O–H groups in total. The number of imidazole rings is 1. The van der Waals surface area contributed by atoms with E-state index in [9.17, 15) is 5.11 Å². The molecule has 0 aliphatic rings. The summed E-state index contributed by atoms with van der Waals surface area (Å²) in [5.74, 6) is 0. The van der Waals surface area contributed by atoms with Crippen LogP contribution >= 0.6 is 11.3 Å². The Kier molecular flexibility index (Phi) is 4.28. The minimum atomic E-state index is -0.596. The highest BCUT2D eigenvalue weighted by Gasteiger charge is 2.22. The normalized spacial score (nSPS) is 12.5. The Morgan fingerprint density at radius 3 is 2.68 bits per heavy atom. The van der Waals surface area contributed by atoms with Gasteiger partial charge in [0, 0.05) is 24.2 Å². The van der Waals surface area contributed by atoms with Gasteiger partial charge in [0.05, 0.1) is 17.0 Å². The second kappa shape index (κ2) is 5.61. The van der Waals surface area contributed by atoms with Crippen LogP contribution in [0.3, 0.4) is 0 Å². The zero-order valence-corrected chi connectivity index (χ0v) is 13.0. The van der Waals surface area contributed by atoms with Crippen LogP contribution in [0.15, 0.2) is 5.38 Å². The summed E-state index contributed by atoms with van der Waals surface area (Å²) in [5.41, 5.74) is 2.89. The molecule has 106 valence electrons. The number of aromatic nitrogens is 2. The fourth-order valence-electron chi connectivity index (χ4n) is 2.29. The molecule has 0 aliphatic heterocycles. The first-order chi connectivity index (χ1) is 9.00. The lowest BCUT2D eigenvalue weighted by Crippen LogP contribution is -2.39. The van der Waals surface area contributed by atoms with Gasteiger partial charge in [0.25, 0.3) is 0 Å². The predicted octanol–water partition coefficient (Wildman–Crippen LogP) is 2.65. The Morgan fingerprint density at radius 2 is 2.05 bits per heavy atom. The Balaban J connectivity index is 2.09. The minimum absolute atomic E-state index is 0.596. The number of aliphatic hydroxyl groups is 1. The van der Waals surface area contributed by atoms with E-state index in [-0.39, 0.29) is 0 Å². The minimum Gasteiger partial charge on any atom is -0.389 e. The summed E-state index contributed by atoms with van der Waals surface area (Å²) in [4.78, 5) is 5.62. The Hall–Kier alpha value is -0.910. The predicted molar refractivity (Wildman–Crippen MR) is 79.8 cm³/mol. The molecule has 19 heavy (non-hydrogen) atoms. The first kappa shape index (κ1) is 14.5. The van der Waals surface area contributed by atoms with Crippen molar-refractivity contribution < 1.29 is 5.11 Å². The molecular weight excluding hydrogens is 258 g/mol. The van der Waals surface area contributed by atoms with Crippen molar-refractivity contribution in [3.63, 3.8) is 0 Å². The van der Waals surface area contributed by atoms with Crippen molar-refractivity contribution in [1.82, 2.24) is 14.7 Å². The molecule has 2 aromatic heterocycles. The molecule has 0 amide bonds. The highest BCUT2D eigenvalue weighted by atomic mass is 32.1. The van der Waals surface area contributed by atoms with Gasteiger partial charge in [0.15, 0.2) is 4.96 Å². The van der Waals surface area contributed by atoms with Crippen LogP contribution in [-0.2, 0) is 6.54 Å². The number of thiazole rings is 1. The van der Waals surface area contributed by atoms with Gasteiger partial charge in [-0.05, 0) is 26.7 Å². The third-order valence-corrected chi connectivity index (χ3v) is 4.84. The largest absolute Gasteiger partial charge is 0.389 e. The lowest BCUT2D eigenvalue weighted by Gasteiger charge is -2.25. The zero-order chi connectivity index (χ0) is 14.0. The van der Waals surface area contributed by atoms with E-state index in [1.165, 1.54) is 11.4 Å². The van der Waals surface area contributed by atoms with Crippen LogP contribution in [0.25, 0.3) is 4.96 Å². The Morgan fingerprint density at radius 1 is 1.37 bits per heavy atom. The van der Waals surface area contributed by atoms with Gasteiger partial charge in [-0.1, -0.05) is 13.8 Å². The fourth-order valence-corrected chi connectivity index (χ4v) is 3.22. The summed E-state index contributed by atoms with van der Waals surface area (Å²) in [6, 6.07) is 0.